The molecule has 4 rings (SSSR count). The number of benzene rings is 3. The monoisotopic (exact) mass is 512 g/mol. The highest BCUT2D eigenvalue weighted by Gasteiger charge is 2.37. The first kappa shape index (κ1) is 26.4. The van der Waals surface area contributed by atoms with Crippen LogP contribution in [-0.2, 0) is 39.6 Å². The van der Waals surface area contributed by atoms with Gasteiger partial charge in [0, 0.05) is 18.4 Å². The summed E-state index contributed by atoms with van der Waals surface area (Å²) in [4.78, 5) is 0. The van der Waals surface area contributed by atoms with Crippen LogP contribution in [0.1, 0.15) is 35.6 Å². The van der Waals surface area contributed by atoms with Crippen molar-refractivity contribution in [1.82, 2.24) is 0 Å². The quantitative estimate of drug-likeness (QED) is 0.312. The van der Waals surface area contributed by atoms with E-state index in [1.165, 1.54) is 0 Å². The summed E-state index contributed by atoms with van der Waals surface area (Å²) in [6.07, 6.45) is -4.12. The van der Waals surface area contributed by atoms with Crippen LogP contribution < -0.4 is 0 Å². The first-order valence-corrected chi connectivity index (χ1v) is 11.8. The molecule has 1 heterocycles. The van der Waals surface area contributed by atoms with Gasteiger partial charge in [-0.05, 0) is 60.4 Å². The molecule has 1 aliphatic rings. The predicted octanol–water partition coefficient (Wildman–Crippen LogP) is 6.77. The minimum atomic E-state index is -5.13. The zero-order valence-electron chi connectivity index (χ0n) is 19.6. The molecular weight excluding hydrogens is 486 g/mol. The van der Waals surface area contributed by atoms with Gasteiger partial charge in [-0.2, -0.15) is 13.2 Å². The van der Waals surface area contributed by atoms with E-state index in [0.29, 0.717) is 61.1 Å². The summed E-state index contributed by atoms with van der Waals surface area (Å²) in [5, 5.41) is 1.09. The van der Waals surface area contributed by atoms with Gasteiger partial charge in [-0.15, -0.1) is 0 Å². The molecule has 0 spiro atoms. The van der Waals surface area contributed by atoms with Crippen LogP contribution in [0.3, 0.4) is 0 Å². The van der Waals surface area contributed by atoms with Crippen LogP contribution in [0.2, 0.25) is 0 Å². The van der Waals surface area contributed by atoms with Crippen molar-refractivity contribution >= 4 is 10.8 Å². The summed E-state index contributed by atoms with van der Waals surface area (Å²) in [6.45, 7) is 3.48. The van der Waals surface area contributed by atoms with E-state index in [0.717, 1.165) is 5.56 Å². The van der Waals surface area contributed by atoms with Crippen LogP contribution in [0.4, 0.5) is 26.3 Å². The molecule has 0 N–H and O–H groups in total. The molecule has 0 unspecified atom stereocenters. The Hall–Kier alpha value is -2.62. The topological polar surface area (TPSA) is 27.7 Å². The fourth-order valence-electron chi connectivity index (χ4n) is 4.36. The molecular formula is C27H26F6O3. The lowest BCUT2D eigenvalue weighted by molar-refractivity contribution is -0.227. The van der Waals surface area contributed by atoms with E-state index in [2.05, 4.69) is 0 Å². The van der Waals surface area contributed by atoms with E-state index in [9.17, 15) is 22.0 Å². The molecule has 0 amide bonds. The summed E-state index contributed by atoms with van der Waals surface area (Å²) in [5.41, 5.74) is -0.601. The summed E-state index contributed by atoms with van der Waals surface area (Å²) < 4.78 is 97.9. The van der Waals surface area contributed by atoms with Crippen molar-refractivity contribution in [3.63, 3.8) is 0 Å². The van der Waals surface area contributed by atoms with Crippen molar-refractivity contribution in [3.05, 3.63) is 82.2 Å². The van der Waals surface area contributed by atoms with Crippen molar-refractivity contribution in [2.45, 2.75) is 51.2 Å². The summed E-state index contributed by atoms with van der Waals surface area (Å²) in [6, 6.07) is 10.0. The van der Waals surface area contributed by atoms with Crippen LogP contribution in [0.15, 0.2) is 42.5 Å². The third-order valence-electron chi connectivity index (χ3n) is 6.17. The van der Waals surface area contributed by atoms with Gasteiger partial charge >= 0.3 is 6.18 Å². The second-order valence-corrected chi connectivity index (χ2v) is 8.74. The Labute approximate surface area is 205 Å². The minimum absolute atomic E-state index is 0.0158. The van der Waals surface area contributed by atoms with Gasteiger partial charge in [-0.25, -0.2) is 13.2 Å². The van der Waals surface area contributed by atoms with Gasteiger partial charge in [0.15, 0.2) is 6.29 Å². The number of ether oxygens (including phenoxy) is 3. The summed E-state index contributed by atoms with van der Waals surface area (Å²) in [7, 11) is 0. The highest BCUT2D eigenvalue weighted by Crippen LogP contribution is 2.34. The molecule has 3 aromatic carbocycles. The van der Waals surface area contributed by atoms with Gasteiger partial charge in [-0.3, -0.25) is 0 Å². The number of fused-ring (bicyclic) bond motifs is 1. The highest BCUT2D eigenvalue weighted by atomic mass is 19.4. The third-order valence-corrected chi connectivity index (χ3v) is 6.17. The first-order valence-electron chi connectivity index (χ1n) is 11.8. The maximum absolute atomic E-state index is 15.1. The summed E-state index contributed by atoms with van der Waals surface area (Å²) in [5.74, 6) is -3.82. The molecule has 194 valence electrons. The Kier molecular flexibility index (Phi) is 8.22. The van der Waals surface area contributed by atoms with Crippen molar-refractivity contribution in [3.8, 4) is 0 Å². The molecule has 0 aliphatic carbocycles. The second-order valence-electron chi connectivity index (χ2n) is 8.74. The average Bonchev–Trinajstić information content (AvgIpc) is 2.82. The zero-order valence-corrected chi connectivity index (χ0v) is 19.6. The fraction of sp³-hybridized carbons (Fsp3) is 0.407. The molecule has 1 fully saturated rings. The van der Waals surface area contributed by atoms with Gasteiger partial charge in [0.1, 0.15) is 29.1 Å². The van der Waals surface area contributed by atoms with E-state index in [4.69, 9.17) is 14.2 Å². The molecule has 1 aliphatic heterocycles. The average molecular weight is 512 g/mol. The normalized spacial score (nSPS) is 18.6. The van der Waals surface area contributed by atoms with Crippen LogP contribution in [0.5, 0.6) is 0 Å². The van der Waals surface area contributed by atoms with Gasteiger partial charge in [-0.1, -0.05) is 30.3 Å². The zero-order chi connectivity index (χ0) is 25.9. The molecule has 0 atom stereocenters. The smallest absolute Gasteiger partial charge is 0.374 e. The lowest BCUT2D eigenvalue weighted by Crippen LogP contribution is -2.37. The van der Waals surface area contributed by atoms with Crippen LogP contribution in [0.25, 0.3) is 10.8 Å². The van der Waals surface area contributed by atoms with Crippen molar-refractivity contribution < 1.29 is 40.6 Å². The second kappa shape index (κ2) is 11.2. The van der Waals surface area contributed by atoms with Gasteiger partial charge < -0.3 is 14.2 Å². The standard InChI is InChI=1S/C27H26F6O3/c1-2-34-20-14-35-24(36-15-20)10-5-16-4-9-21-19(11-16)8-7-18(26(21)30)6-3-17-12-22(28)25(23(29)13-17)27(31,32)33/h4,7-9,11-13,20,24H,2-3,5-6,10,14-15H2,1H3. The first-order chi connectivity index (χ1) is 17.2. The maximum Gasteiger partial charge on any atom is 0.422 e. The van der Waals surface area contributed by atoms with E-state index >= 15 is 4.39 Å². The minimum Gasteiger partial charge on any atom is -0.374 e. The van der Waals surface area contributed by atoms with E-state index in [-0.39, 0.29) is 30.8 Å². The lowest BCUT2D eigenvalue weighted by atomic mass is 9.97. The number of hydrogen-bond donors (Lipinski definition) is 0. The lowest BCUT2D eigenvalue weighted by Gasteiger charge is -2.29. The van der Waals surface area contributed by atoms with E-state index in [1.54, 1.807) is 18.2 Å². The molecule has 0 saturated carbocycles. The number of alkyl halides is 3. The third kappa shape index (κ3) is 6.19. The molecule has 3 aromatic rings. The molecule has 0 radical (unpaired) electrons. The Bertz CT molecular complexity index is 1180. The van der Waals surface area contributed by atoms with E-state index in [1.807, 2.05) is 19.1 Å². The van der Waals surface area contributed by atoms with Crippen molar-refractivity contribution in [2.75, 3.05) is 19.8 Å². The Morgan fingerprint density at radius 1 is 0.861 bits per heavy atom. The Morgan fingerprint density at radius 3 is 2.19 bits per heavy atom. The van der Waals surface area contributed by atoms with Crippen molar-refractivity contribution in [1.29, 1.82) is 0 Å². The van der Waals surface area contributed by atoms with Gasteiger partial charge in [0.05, 0.1) is 13.2 Å². The van der Waals surface area contributed by atoms with E-state index < -0.39 is 29.2 Å². The highest BCUT2D eigenvalue weighted by molar-refractivity contribution is 5.84. The van der Waals surface area contributed by atoms with Gasteiger partial charge in [0.25, 0.3) is 0 Å². The predicted molar refractivity (Wildman–Crippen MR) is 122 cm³/mol. The maximum atomic E-state index is 15.1. The SMILES string of the molecule is CCOC1COC(CCc2ccc3c(F)c(CCc4cc(F)c(C(F)(F)F)c(F)c4)ccc3c2)OC1. The molecule has 1 saturated heterocycles. The number of hydrogen-bond acceptors (Lipinski definition) is 3. The van der Waals surface area contributed by atoms with Crippen LogP contribution in [-0.4, -0.2) is 32.2 Å². The summed E-state index contributed by atoms with van der Waals surface area (Å²) >= 11 is 0. The molecule has 0 aromatic heterocycles. The van der Waals surface area contributed by atoms with Gasteiger partial charge in [0.2, 0.25) is 0 Å². The fourth-order valence-corrected chi connectivity index (χ4v) is 4.36. The molecule has 9 heteroatoms. The molecule has 36 heavy (non-hydrogen) atoms. The van der Waals surface area contributed by atoms with Crippen LogP contribution in [0, 0.1) is 17.5 Å². The largest absolute Gasteiger partial charge is 0.422 e. The number of rotatable bonds is 8. The molecule has 0 bridgehead atoms. The molecule has 3 nitrogen and oxygen atoms in total. The number of aryl methyl sites for hydroxylation is 3. The van der Waals surface area contributed by atoms with Crippen LogP contribution >= 0.6 is 0 Å². The van der Waals surface area contributed by atoms with Crippen molar-refractivity contribution in [2.24, 2.45) is 0 Å². The Morgan fingerprint density at radius 2 is 1.56 bits per heavy atom. The number of halogens is 6. The Balaban J connectivity index is 1.39.